The predicted molar refractivity (Wildman–Crippen MR) is 267 cm³/mol. The van der Waals surface area contributed by atoms with Crippen molar-refractivity contribution in [1.82, 2.24) is 31.1 Å². The standard InChI is InChI=1S/C52H58N8O8S/c1-31(2)37-9-5-7-11-39(37)47-33(15-23-45(61)57-27-25-53-41(29-57)51(63)55-35-17-18-35)13-21-43(49(47)59(65)66)69-44-22-14-34(48(50(44)60(67)68)40-12-8-6-10-38(40)32(3)4)16-24-46(62)58-28-26-54-42(30-58)52(64)56-36-19-20-36/h5-16,21-24,31-32,35-36,41-42,53-54H,17-20,25-30H2,1-4H3,(H,55,63)(H,56,64). The Bertz CT molecular complexity index is 2550. The number of nitrogens with zero attached hydrogens (tertiary/aromatic N) is 4. The van der Waals surface area contributed by atoms with E-state index in [1.165, 1.54) is 12.2 Å². The third-order valence-electron chi connectivity index (χ3n) is 12.9. The van der Waals surface area contributed by atoms with Gasteiger partial charge in [-0.25, -0.2) is 0 Å². The number of nitro benzene ring substituents is 2. The predicted octanol–water partition coefficient (Wildman–Crippen LogP) is 7.42. The summed E-state index contributed by atoms with van der Waals surface area (Å²) >= 11 is 0.907. The highest BCUT2D eigenvalue weighted by atomic mass is 32.2. The second kappa shape index (κ2) is 21.3. The summed E-state index contributed by atoms with van der Waals surface area (Å²) in [5.74, 6) is -1.09. The fourth-order valence-corrected chi connectivity index (χ4v) is 10.0. The molecule has 16 nitrogen and oxygen atoms in total. The van der Waals surface area contributed by atoms with Crippen LogP contribution in [0.25, 0.3) is 34.4 Å². The molecule has 2 atom stereocenters. The highest BCUT2D eigenvalue weighted by Crippen LogP contribution is 2.50. The van der Waals surface area contributed by atoms with Gasteiger partial charge in [0.15, 0.2) is 0 Å². The monoisotopic (exact) mass is 954 g/mol. The van der Waals surface area contributed by atoms with Crippen LogP contribution in [0.3, 0.4) is 0 Å². The molecule has 4 aromatic rings. The molecule has 4 fully saturated rings. The van der Waals surface area contributed by atoms with Gasteiger partial charge in [-0.15, -0.1) is 0 Å². The smallest absolute Gasteiger partial charge is 0.291 e. The quantitative estimate of drug-likeness (QED) is 0.0494. The van der Waals surface area contributed by atoms with Crippen molar-refractivity contribution in [3.8, 4) is 22.3 Å². The van der Waals surface area contributed by atoms with Gasteiger partial charge in [0.25, 0.3) is 11.4 Å². The minimum atomic E-state index is -0.559. The zero-order valence-corrected chi connectivity index (χ0v) is 40.1. The lowest BCUT2D eigenvalue weighted by Crippen LogP contribution is -2.58. The Hall–Kier alpha value is -6.69. The van der Waals surface area contributed by atoms with E-state index in [9.17, 15) is 39.4 Å². The summed E-state index contributed by atoms with van der Waals surface area (Å²) in [6, 6.07) is 20.5. The molecule has 360 valence electrons. The van der Waals surface area contributed by atoms with Gasteiger partial charge in [-0.05, 0) is 95.2 Å². The Labute approximate surface area is 405 Å². The second-order valence-electron chi connectivity index (χ2n) is 18.7. The van der Waals surface area contributed by atoms with Crippen LogP contribution in [-0.4, -0.2) is 107 Å². The molecule has 4 aromatic carbocycles. The van der Waals surface area contributed by atoms with Crippen LogP contribution in [0, 0.1) is 20.2 Å². The number of nitrogens with one attached hydrogen (secondary N) is 4. The zero-order chi connectivity index (χ0) is 48.9. The normalized spacial score (nSPS) is 18.5. The van der Waals surface area contributed by atoms with E-state index in [1.807, 2.05) is 52.0 Å². The van der Waals surface area contributed by atoms with Gasteiger partial charge in [-0.2, -0.15) is 0 Å². The van der Waals surface area contributed by atoms with Crippen molar-refractivity contribution in [3.05, 3.63) is 127 Å². The third-order valence-corrected chi connectivity index (χ3v) is 14.0. The lowest BCUT2D eigenvalue weighted by atomic mass is 9.89. The van der Waals surface area contributed by atoms with E-state index < -0.39 is 21.9 Å². The summed E-state index contributed by atoms with van der Waals surface area (Å²) in [5, 5.41) is 39.4. The third kappa shape index (κ3) is 11.4. The van der Waals surface area contributed by atoms with Crippen molar-refractivity contribution in [2.75, 3.05) is 39.3 Å². The molecular weight excluding hydrogens is 897 g/mol. The molecular formula is C52H58N8O8S. The minimum Gasteiger partial charge on any atom is -0.352 e. The average molecular weight is 955 g/mol. The Kier molecular flexibility index (Phi) is 15.1. The van der Waals surface area contributed by atoms with E-state index in [1.54, 1.807) is 70.5 Å². The molecule has 2 aliphatic heterocycles. The number of hydrogen-bond donors (Lipinski definition) is 4. The number of nitro groups is 2. The fourth-order valence-electron chi connectivity index (χ4n) is 8.96. The van der Waals surface area contributed by atoms with Crippen LogP contribution in [0.4, 0.5) is 11.4 Å². The Morgan fingerprint density at radius 2 is 1.01 bits per heavy atom. The number of carbonyl (C=O) groups excluding carboxylic acids is 4. The first kappa shape index (κ1) is 48.8. The summed E-state index contributed by atoms with van der Waals surface area (Å²) < 4.78 is 0. The molecule has 2 aliphatic carbocycles. The molecule has 2 saturated carbocycles. The Morgan fingerprint density at radius 1 is 0.623 bits per heavy atom. The largest absolute Gasteiger partial charge is 0.352 e. The number of amides is 4. The van der Waals surface area contributed by atoms with Crippen molar-refractivity contribution in [3.63, 3.8) is 0 Å². The summed E-state index contributed by atoms with van der Waals surface area (Å²) in [6.07, 6.45) is 9.64. The number of carbonyl (C=O) groups is 4. The van der Waals surface area contributed by atoms with Crippen LogP contribution in [0.1, 0.15) is 87.5 Å². The maximum atomic E-state index is 13.7. The van der Waals surface area contributed by atoms with E-state index in [2.05, 4.69) is 21.3 Å². The van der Waals surface area contributed by atoms with E-state index >= 15 is 0 Å². The van der Waals surface area contributed by atoms with Gasteiger partial charge in [-0.3, -0.25) is 39.4 Å². The maximum absolute atomic E-state index is 13.7. The van der Waals surface area contributed by atoms with Crippen LogP contribution in [0.2, 0.25) is 0 Å². The van der Waals surface area contributed by atoms with Crippen LogP contribution >= 0.6 is 11.8 Å². The number of rotatable bonds is 16. The lowest BCUT2D eigenvalue weighted by molar-refractivity contribution is -0.387. The molecule has 0 radical (unpaired) electrons. The Morgan fingerprint density at radius 3 is 1.38 bits per heavy atom. The summed E-state index contributed by atoms with van der Waals surface area (Å²) in [4.78, 5) is 82.7. The summed E-state index contributed by atoms with van der Waals surface area (Å²) in [7, 11) is 0. The number of benzene rings is 4. The van der Waals surface area contributed by atoms with Crippen molar-refractivity contribution in [1.29, 1.82) is 0 Å². The van der Waals surface area contributed by atoms with Crippen molar-refractivity contribution >= 4 is 58.9 Å². The Balaban J connectivity index is 1.18. The molecule has 4 amide bonds. The highest BCUT2D eigenvalue weighted by Gasteiger charge is 2.35. The highest BCUT2D eigenvalue weighted by molar-refractivity contribution is 7.99. The molecule has 8 rings (SSSR count). The molecule has 2 unspecified atom stereocenters. The molecule has 2 heterocycles. The fraction of sp³-hybridized carbons (Fsp3) is 0.385. The first-order chi connectivity index (χ1) is 33.2. The molecule has 4 aliphatic rings. The molecule has 4 N–H and O–H groups in total. The van der Waals surface area contributed by atoms with Crippen molar-refractivity contribution in [2.45, 2.75) is 99.2 Å². The lowest BCUT2D eigenvalue weighted by Gasteiger charge is -2.32. The first-order valence-corrected chi connectivity index (χ1v) is 24.5. The number of piperazine rings is 2. The van der Waals surface area contributed by atoms with E-state index in [4.69, 9.17) is 0 Å². The first-order valence-electron chi connectivity index (χ1n) is 23.7. The SMILES string of the molecule is CC(C)c1ccccc1-c1c(C=CC(=O)N2CCNC(C(=O)NC3CC3)C2)ccc(Sc2ccc(C=CC(=O)N3CCNC(C(=O)NC4CC4)C3)c(-c3ccccc3C(C)C)c2[N+](=O)[O-])c1[N+](=O)[O-]. The van der Waals surface area contributed by atoms with E-state index in [-0.39, 0.29) is 92.9 Å². The van der Waals surface area contributed by atoms with Gasteiger partial charge in [0.05, 0.1) is 30.8 Å². The minimum absolute atomic E-state index is 0.0490. The van der Waals surface area contributed by atoms with Gasteiger partial charge >= 0.3 is 0 Å². The van der Waals surface area contributed by atoms with Crippen LogP contribution < -0.4 is 21.3 Å². The van der Waals surface area contributed by atoms with Crippen LogP contribution in [0.5, 0.6) is 0 Å². The number of hydrogen-bond acceptors (Lipinski definition) is 11. The molecule has 2 saturated heterocycles. The van der Waals surface area contributed by atoms with Crippen molar-refractivity contribution in [2.24, 2.45) is 0 Å². The molecule has 69 heavy (non-hydrogen) atoms. The van der Waals surface area contributed by atoms with Crippen LogP contribution in [0.15, 0.2) is 94.7 Å². The topological polar surface area (TPSA) is 209 Å². The van der Waals surface area contributed by atoms with E-state index in [0.29, 0.717) is 48.4 Å². The van der Waals surface area contributed by atoms with Gasteiger partial charge < -0.3 is 31.1 Å². The molecule has 0 aromatic heterocycles. The average Bonchev–Trinajstić information content (AvgIpc) is 4.31. The zero-order valence-electron chi connectivity index (χ0n) is 39.2. The summed E-state index contributed by atoms with van der Waals surface area (Å²) in [6.45, 7) is 9.90. The van der Waals surface area contributed by atoms with Gasteiger partial charge in [0.2, 0.25) is 23.6 Å². The van der Waals surface area contributed by atoms with E-state index in [0.717, 1.165) is 48.6 Å². The molecule has 17 heteroatoms. The van der Waals surface area contributed by atoms with Crippen molar-refractivity contribution < 1.29 is 29.0 Å². The van der Waals surface area contributed by atoms with Gasteiger partial charge in [-0.1, -0.05) is 100 Å². The second-order valence-corrected chi connectivity index (χ2v) is 19.8. The van der Waals surface area contributed by atoms with Gasteiger partial charge in [0, 0.05) is 63.5 Å². The summed E-state index contributed by atoms with van der Waals surface area (Å²) in [5.41, 5.74) is 3.57. The van der Waals surface area contributed by atoms with Gasteiger partial charge in [0.1, 0.15) is 12.1 Å². The molecule has 0 spiro atoms. The van der Waals surface area contributed by atoms with Crippen LogP contribution in [-0.2, 0) is 19.2 Å². The molecule has 0 bridgehead atoms. The maximum Gasteiger partial charge on any atom is 0.291 e.